The van der Waals surface area contributed by atoms with Crippen LogP contribution in [0.25, 0.3) is 11.3 Å². The molecule has 47 heavy (non-hydrogen) atoms. The van der Waals surface area contributed by atoms with Crippen LogP contribution in [0, 0.1) is 13.8 Å². The summed E-state index contributed by atoms with van der Waals surface area (Å²) >= 11 is 0. The molecule has 2 amide bonds. The predicted octanol–water partition coefficient (Wildman–Crippen LogP) is 5.28. The third-order valence-electron chi connectivity index (χ3n) is 7.89. The first kappa shape index (κ1) is 31.4. The predicted molar refractivity (Wildman–Crippen MR) is 178 cm³/mol. The van der Waals surface area contributed by atoms with E-state index in [0.29, 0.717) is 5.69 Å². The fourth-order valence-corrected chi connectivity index (χ4v) is 6.50. The van der Waals surface area contributed by atoms with E-state index in [1.54, 1.807) is 6.07 Å². The van der Waals surface area contributed by atoms with E-state index in [1.165, 1.54) is 29.2 Å². The van der Waals surface area contributed by atoms with E-state index in [9.17, 15) is 18.0 Å². The van der Waals surface area contributed by atoms with Crippen LogP contribution in [-0.2, 0) is 27.9 Å². The number of anilines is 1. The number of hydrogen-bond acceptors (Lipinski definition) is 7. The van der Waals surface area contributed by atoms with Crippen LogP contribution in [0.3, 0.4) is 0 Å². The van der Waals surface area contributed by atoms with Crippen LogP contribution in [0.1, 0.15) is 32.6 Å². The Balaban J connectivity index is 1.48. The Kier molecular flexibility index (Phi) is 8.99. The van der Waals surface area contributed by atoms with E-state index in [2.05, 4.69) is 20.0 Å². The summed E-state index contributed by atoms with van der Waals surface area (Å²) < 4.78 is 35.9. The molecule has 2 heterocycles. The Morgan fingerprint density at radius 3 is 2.23 bits per heavy atom. The Bertz CT molecular complexity index is 2020. The van der Waals surface area contributed by atoms with E-state index in [4.69, 9.17) is 4.74 Å². The Labute approximate surface area is 273 Å². The first-order valence-electron chi connectivity index (χ1n) is 15.1. The van der Waals surface area contributed by atoms with E-state index in [0.717, 1.165) is 27.8 Å². The van der Waals surface area contributed by atoms with Gasteiger partial charge in [0.25, 0.3) is 15.9 Å². The first-order valence-corrected chi connectivity index (χ1v) is 16.5. The minimum Gasteiger partial charge on any atom is -0.475 e. The number of sulfonamides is 1. The van der Waals surface area contributed by atoms with Gasteiger partial charge in [-0.25, -0.2) is 18.1 Å². The average Bonchev–Trinajstić information content (AvgIpc) is 3.07. The van der Waals surface area contributed by atoms with Gasteiger partial charge in [0.2, 0.25) is 17.7 Å². The molecule has 0 spiro atoms. The summed E-state index contributed by atoms with van der Waals surface area (Å²) in [5, 5.41) is 2.95. The zero-order valence-corrected chi connectivity index (χ0v) is 26.7. The van der Waals surface area contributed by atoms with Gasteiger partial charge in [0, 0.05) is 30.3 Å². The van der Waals surface area contributed by atoms with E-state index >= 15 is 0 Å². The second kappa shape index (κ2) is 13.4. The number of fused-ring (bicyclic) bond motifs is 4. The molecule has 2 N–H and O–H groups in total. The van der Waals surface area contributed by atoms with Crippen LogP contribution in [0.2, 0.25) is 0 Å². The van der Waals surface area contributed by atoms with Crippen LogP contribution >= 0.6 is 0 Å². The monoisotopic (exact) mass is 647 g/mol. The molecule has 1 atom stereocenters. The van der Waals surface area contributed by atoms with E-state index < -0.39 is 27.9 Å². The van der Waals surface area contributed by atoms with Gasteiger partial charge in [0.15, 0.2) is 0 Å². The number of benzene rings is 4. The SMILES string of the molecule is Cc1cccc(C)c1-c1cc2nc(n1)NS(=O)(=O)c1cccc(c1)C(=O)N(Cc1ccccc1)C(C(=O)NCc1ccccc1)CO2. The fourth-order valence-electron chi connectivity index (χ4n) is 5.51. The van der Waals surface area contributed by atoms with Crippen molar-refractivity contribution in [2.45, 2.75) is 37.9 Å². The number of aromatic nitrogens is 2. The summed E-state index contributed by atoms with van der Waals surface area (Å²) in [5.74, 6) is -1.15. The van der Waals surface area contributed by atoms with E-state index in [-0.39, 0.29) is 42.0 Å². The van der Waals surface area contributed by atoms with Crippen molar-refractivity contribution in [3.63, 3.8) is 0 Å². The summed E-state index contributed by atoms with van der Waals surface area (Å²) in [7, 11) is -4.23. The number of carbonyl (C=O) groups is 2. The highest BCUT2D eigenvalue weighted by Gasteiger charge is 2.33. The molecular formula is C36H33N5O5S. The zero-order valence-electron chi connectivity index (χ0n) is 25.9. The number of ether oxygens (including phenoxy) is 1. The Morgan fingerprint density at radius 1 is 0.872 bits per heavy atom. The molecule has 5 aromatic rings. The first-order chi connectivity index (χ1) is 22.7. The molecule has 4 aromatic carbocycles. The second-order valence-electron chi connectivity index (χ2n) is 11.3. The number of aryl methyl sites for hydroxylation is 2. The molecule has 0 radical (unpaired) electrons. The highest BCUT2D eigenvalue weighted by atomic mass is 32.2. The summed E-state index contributed by atoms with van der Waals surface area (Å²) in [4.78, 5) is 38.4. The molecule has 0 fully saturated rings. The smallest absolute Gasteiger partial charge is 0.264 e. The van der Waals surface area contributed by atoms with Crippen molar-refractivity contribution in [3.05, 3.63) is 137 Å². The number of nitrogens with zero attached hydrogens (tertiary/aromatic N) is 3. The lowest BCUT2D eigenvalue weighted by Crippen LogP contribution is -2.52. The number of nitrogens with one attached hydrogen (secondary N) is 2. The summed E-state index contributed by atoms with van der Waals surface area (Å²) in [6.45, 7) is 3.89. The fraction of sp³-hybridized carbons (Fsp3) is 0.167. The largest absolute Gasteiger partial charge is 0.475 e. The second-order valence-corrected chi connectivity index (χ2v) is 12.9. The zero-order chi connectivity index (χ0) is 33.0. The van der Waals surface area contributed by atoms with Crippen molar-refractivity contribution in [1.29, 1.82) is 0 Å². The summed E-state index contributed by atoms with van der Waals surface area (Å²) in [6, 6.07) is 30.7. The maximum Gasteiger partial charge on any atom is 0.264 e. The highest BCUT2D eigenvalue weighted by molar-refractivity contribution is 7.92. The molecule has 238 valence electrons. The van der Waals surface area contributed by atoms with Gasteiger partial charge in [-0.1, -0.05) is 84.9 Å². The number of amides is 2. The number of carbonyl (C=O) groups excluding carboxylic acids is 2. The topological polar surface area (TPSA) is 131 Å². The van der Waals surface area contributed by atoms with Gasteiger partial charge < -0.3 is 15.0 Å². The molecule has 4 bridgehead atoms. The van der Waals surface area contributed by atoms with Crippen molar-refractivity contribution in [2.24, 2.45) is 0 Å². The molecule has 0 saturated carbocycles. The van der Waals surface area contributed by atoms with Crippen molar-refractivity contribution in [3.8, 4) is 17.1 Å². The van der Waals surface area contributed by atoms with Crippen LogP contribution < -0.4 is 14.8 Å². The maximum absolute atomic E-state index is 14.3. The van der Waals surface area contributed by atoms with Gasteiger partial charge in [-0.2, -0.15) is 4.98 Å². The molecule has 0 aliphatic carbocycles. The minimum atomic E-state index is -4.23. The molecule has 10 nitrogen and oxygen atoms in total. The van der Waals surface area contributed by atoms with Crippen molar-refractivity contribution >= 4 is 27.8 Å². The molecule has 1 aliphatic rings. The number of rotatable bonds is 6. The van der Waals surface area contributed by atoms with Crippen molar-refractivity contribution in [2.75, 3.05) is 11.3 Å². The van der Waals surface area contributed by atoms with Crippen molar-refractivity contribution in [1.82, 2.24) is 20.2 Å². The van der Waals surface area contributed by atoms with E-state index in [1.807, 2.05) is 92.7 Å². The average molecular weight is 648 g/mol. The lowest BCUT2D eigenvalue weighted by Gasteiger charge is -2.31. The molecule has 11 heteroatoms. The third-order valence-corrected chi connectivity index (χ3v) is 9.22. The summed E-state index contributed by atoms with van der Waals surface area (Å²) in [6.07, 6.45) is 0. The summed E-state index contributed by atoms with van der Waals surface area (Å²) in [5.41, 5.74) is 4.83. The van der Waals surface area contributed by atoms with Gasteiger partial charge in [-0.05, 0) is 54.3 Å². The minimum absolute atomic E-state index is 0.0364. The van der Waals surface area contributed by atoms with Gasteiger partial charge in [-0.3, -0.25) is 9.59 Å². The molecule has 1 unspecified atom stereocenters. The van der Waals surface area contributed by atoms with Gasteiger partial charge in [-0.15, -0.1) is 0 Å². The van der Waals surface area contributed by atoms with Gasteiger partial charge >= 0.3 is 0 Å². The van der Waals surface area contributed by atoms with Crippen molar-refractivity contribution < 1.29 is 22.7 Å². The third kappa shape index (κ3) is 7.15. The molecule has 1 aromatic heterocycles. The van der Waals surface area contributed by atoms with Crippen LogP contribution in [0.15, 0.2) is 114 Å². The standard InChI is InChI=1S/C36H33N5O5S/c1-24-11-9-12-25(2)33(24)30-20-32-39-36(38-30)40-47(44,45)29-18-10-17-28(19-29)35(43)41(22-27-15-7-4-8-16-27)31(23-46-32)34(42)37-21-26-13-5-3-6-14-26/h3-20,31H,21-23H2,1-2H3,(H,37,42)(H,38,39,40). The molecular weight excluding hydrogens is 614 g/mol. The van der Waals surface area contributed by atoms with Gasteiger partial charge in [0.05, 0.1) is 10.6 Å². The Hall–Kier alpha value is -5.55. The normalized spacial score (nSPS) is 15.7. The number of hydrogen-bond donors (Lipinski definition) is 2. The Morgan fingerprint density at radius 2 is 1.53 bits per heavy atom. The van der Waals surface area contributed by atoms with Gasteiger partial charge in [0.1, 0.15) is 12.6 Å². The quantitative estimate of drug-likeness (QED) is 0.257. The lowest BCUT2D eigenvalue weighted by molar-refractivity contribution is -0.127. The molecule has 6 rings (SSSR count). The molecule has 0 saturated heterocycles. The maximum atomic E-state index is 14.3. The lowest BCUT2D eigenvalue weighted by atomic mass is 10.00. The molecule has 1 aliphatic heterocycles. The van der Waals surface area contributed by atoms with Crippen LogP contribution in [0.5, 0.6) is 5.88 Å². The van der Waals surface area contributed by atoms with Crippen LogP contribution in [0.4, 0.5) is 5.95 Å². The highest BCUT2D eigenvalue weighted by Crippen LogP contribution is 2.30. The van der Waals surface area contributed by atoms with Crippen LogP contribution in [-0.4, -0.2) is 47.7 Å².